The fourth-order valence-electron chi connectivity index (χ4n) is 4.36. The predicted octanol–water partition coefficient (Wildman–Crippen LogP) is 4.47. The van der Waals surface area contributed by atoms with Gasteiger partial charge < -0.3 is 29.9 Å². The molecule has 4 N–H and O–H groups in total. The molecular weight excluding hydrogens is 567 g/mol. The lowest BCUT2D eigenvalue weighted by Crippen LogP contribution is -2.48. The zero-order chi connectivity index (χ0) is 29.7. The number of rotatable bonds is 7. The van der Waals surface area contributed by atoms with Crippen LogP contribution in [0, 0.1) is 0 Å². The topological polar surface area (TPSA) is 127 Å². The molecule has 14 heteroatoms. The molecule has 1 aromatic heterocycles. The van der Waals surface area contributed by atoms with Crippen molar-refractivity contribution >= 4 is 40.7 Å². The quantitative estimate of drug-likeness (QED) is 0.318. The zero-order valence-corrected chi connectivity index (χ0v) is 22.6. The molecule has 2 heterocycles. The molecule has 1 saturated heterocycles. The van der Waals surface area contributed by atoms with Gasteiger partial charge >= 0.3 is 12.3 Å². The van der Waals surface area contributed by atoms with Crippen molar-refractivity contribution in [3.63, 3.8) is 0 Å². The number of piperazine rings is 1. The van der Waals surface area contributed by atoms with Gasteiger partial charge in [0.1, 0.15) is 0 Å². The van der Waals surface area contributed by atoms with Crippen LogP contribution >= 0.6 is 11.6 Å². The molecule has 1 aliphatic rings. The highest BCUT2D eigenvalue weighted by Gasteiger charge is 2.36. The number of anilines is 3. The number of aliphatic hydroxyl groups is 1. The Morgan fingerprint density at radius 1 is 1.12 bits per heavy atom. The summed E-state index contributed by atoms with van der Waals surface area (Å²) in [5, 5.41) is 15.9. The van der Waals surface area contributed by atoms with E-state index in [1.54, 1.807) is 29.2 Å². The Morgan fingerprint density at radius 3 is 2.51 bits per heavy atom. The molecular formula is C27H27ClF3N5O5. The van der Waals surface area contributed by atoms with Crippen LogP contribution < -0.4 is 25.8 Å². The first-order valence-corrected chi connectivity index (χ1v) is 12.9. The molecule has 1 aliphatic heterocycles. The highest BCUT2D eigenvalue weighted by atomic mass is 35.5. The van der Waals surface area contributed by atoms with Crippen molar-refractivity contribution in [2.24, 2.45) is 0 Å². The number of alkyl halides is 3. The van der Waals surface area contributed by atoms with Gasteiger partial charge in [0.15, 0.2) is 0 Å². The van der Waals surface area contributed by atoms with Gasteiger partial charge in [-0.05, 0) is 42.0 Å². The fourth-order valence-corrected chi connectivity index (χ4v) is 4.56. The van der Waals surface area contributed by atoms with Crippen LogP contribution in [-0.2, 0) is 11.0 Å². The van der Waals surface area contributed by atoms with E-state index in [4.69, 9.17) is 16.3 Å². The van der Waals surface area contributed by atoms with Gasteiger partial charge in [0.25, 0.3) is 5.56 Å². The lowest BCUT2D eigenvalue weighted by atomic mass is 10.1. The van der Waals surface area contributed by atoms with Crippen LogP contribution in [0.15, 0.2) is 59.5 Å². The fraction of sp³-hybridized carbons (Fsp3) is 0.296. The van der Waals surface area contributed by atoms with Gasteiger partial charge in [0.05, 0.1) is 17.4 Å². The maximum Gasteiger partial charge on any atom is 0.418 e. The van der Waals surface area contributed by atoms with Crippen molar-refractivity contribution < 1.29 is 32.6 Å². The Labute approximate surface area is 237 Å². The molecule has 4 rings (SSSR count). The molecule has 2 aromatic carbocycles. The van der Waals surface area contributed by atoms with Crippen LogP contribution in [0.1, 0.15) is 24.2 Å². The van der Waals surface area contributed by atoms with Crippen molar-refractivity contribution in [1.29, 1.82) is 0 Å². The van der Waals surface area contributed by atoms with Crippen LogP contribution in [-0.4, -0.2) is 59.7 Å². The SMILES string of the molecule is CC(=O)N1CCN(c2ccc(NC(=O)Oc3c(NC[C@@H](O)c4cccc(Cl)c4)cc[nH]c3=O)cc2C(F)(F)F)CC1. The number of carbonyl (C=O) groups is 2. The third-order valence-corrected chi connectivity index (χ3v) is 6.68. The lowest BCUT2D eigenvalue weighted by Gasteiger charge is -2.36. The molecule has 0 aliphatic carbocycles. The molecule has 2 amide bonds. The third kappa shape index (κ3) is 7.50. The van der Waals surface area contributed by atoms with Crippen LogP contribution in [0.3, 0.4) is 0 Å². The van der Waals surface area contributed by atoms with E-state index in [0.717, 1.165) is 6.07 Å². The number of amides is 2. The molecule has 0 spiro atoms. The average Bonchev–Trinajstić information content (AvgIpc) is 2.92. The summed E-state index contributed by atoms with van der Waals surface area (Å²) < 4.78 is 47.0. The highest BCUT2D eigenvalue weighted by Crippen LogP contribution is 2.38. The van der Waals surface area contributed by atoms with Gasteiger partial charge in [-0.2, -0.15) is 13.2 Å². The second-order valence-corrected chi connectivity index (χ2v) is 9.68. The second kappa shape index (κ2) is 12.5. The second-order valence-electron chi connectivity index (χ2n) is 9.24. The molecule has 1 atom stereocenters. The maximum atomic E-state index is 14.0. The van der Waals surface area contributed by atoms with Crippen molar-refractivity contribution in [1.82, 2.24) is 9.88 Å². The number of halogens is 4. The van der Waals surface area contributed by atoms with Crippen LogP contribution in [0.4, 0.5) is 35.0 Å². The molecule has 1 fully saturated rings. The summed E-state index contributed by atoms with van der Waals surface area (Å²) in [5.74, 6) is -0.592. The number of aliphatic hydroxyl groups excluding tert-OH is 1. The number of H-pyrrole nitrogens is 1. The Balaban J connectivity index is 1.46. The number of pyridine rings is 1. The van der Waals surface area contributed by atoms with Gasteiger partial charge in [-0.25, -0.2) is 4.79 Å². The number of nitrogens with zero attached hydrogens (tertiary/aromatic N) is 2. The third-order valence-electron chi connectivity index (χ3n) is 6.44. The highest BCUT2D eigenvalue weighted by molar-refractivity contribution is 6.30. The Hall–Kier alpha value is -4.23. The summed E-state index contributed by atoms with van der Waals surface area (Å²) in [6, 6.07) is 11.3. The van der Waals surface area contributed by atoms with E-state index in [1.165, 1.54) is 36.2 Å². The molecule has 0 unspecified atom stereocenters. The van der Waals surface area contributed by atoms with E-state index in [2.05, 4.69) is 15.6 Å². The molecule has 0 radical (unpaired) electrons. The molecule has 10 nitrogen and oxygen atoms in total. The number of benzene rings is 2. The number of nitrogens with one attached hydrogen (secondary N) is 3. The van der Waals surface area contributed by atoms with Gasteiger partial charge in [-0.1, -0.05) is 23.7 Å². The summed E-state index contributed by atoms with van der Waals surface area (Å²) in [7, 11) is 0. The zero-order valence-electron chi connectivity index (χ0n) is 21.8. The summed E-state index contributed by atoms with van der Waals surface area (Å²) >= 11 is 5.96. The number of carbonyl (C=O) groups excluding carboxylic acids is 2. The van der Waals surface area contributed by atoms with Crippen molar-refractivity contribution in [2.75, 3.05) is 48.3 Å². The Bertz CT molecular complexity index is 1470. The summed E-state index contributed by atoms with van der Waals surface area (Å²) in [6.07, 6.45) is -5.65. The average molecular weight is 594 g/mol. The number of aromatic amines is 1. The number of hydrogen-bond donors (Lipinski definition) is 4. The van der Waals surface area contributed by atoms with Gasteiger partial charge in [-0.15, -0.1) is 0 Å². The van der Waals surface area contributed by atoms with Crippen LogP contribution in [0.25, 0.3) is 0 Å². The molecule has 41 heavy (non-hydrogen) atoms. The first-order valence-electron chi connectivity index (χ1n) is 12.5. The number of aromatic nitrogens is 1. The summed E-state index contributed by atoms with van der Waals surface area (Å²) in [5.41, 5.74) is -1.45. The van der Waals surface area contributed by atoms with E-state index >= 15 is 0 Å². The minimum absolute atomic E-state index is 0.0704. The largest absolute Gasteiger partial charge is 0.418 e. The first kappa shape index (κ1) is 29.7. The molecule has 3 aromatic rings. The van der Waals surface area contributed by atoms with Crippen LogP contribution in [0.5, 0.6) is 5.75 Å². The standard InChI is InChI=1S/C27H27ClF3N5O5/c1-16(37)35-9-11-36(12-10-35)22-6-5-19(14-20(22)27(29,30)31)34-26(40)41-24-21(7-8-32-25(24)39)33-15-23(38)17-3-2-4-18(28)13-17/h2-8,13-14,23,38H,9-12,15H2,1H3,(H,34,40)(H2,32,33,39)/t23-/m1/s1. The van der Waals surface area contributed by atoms with Crippen molar-refractivity contribution in [2.45, 2.75) is 19.2 Å². The Kier molecular flexibility index (Phi) is 9.08. The predicted molar refractivity (Wildman–Crippen MR) is 148 cm³/mol. The van der Waals surface area contributed by atoms with Gasteiger partial charge in [-0.3, -0.25) is 14.9 Å². The smallest absolute Gasteiger partial charge is 0.402 e. The van der Waals surface area contributed by atoms with E-state index in [-0.39, 0.29) is 55.7 Å². The van der Waals surface area contributed by atoms with Crippen molar-refractivity contribution in [3.8, 4) is 5.75 Å². The molecule has 218 valence electrons. The van der Waals surface area contributed by atoms with Gasteiger partial charge in [0.2, 0.25) is 11.7 Å². The summed E-state index contributed by atoms with van der Waals surface area (Å²) in [4.78, 5) is 42.0. The number of ether oxygens (including phenoxy) is 1. The normalized spacial score (nSPS) is 14.4. The number of hydrogen-bond acceptors (Lipinski definition) is 7. The van der Waals surface area contributed by atoms with E-state index in [1.807, 2.05) is 0 Å². The first-order chi connectivity index (χ1) is 19.4. The molecule has 0 bridgehead atoms. The van der Waals surface area contributed by atoms with Crippen LogP contribution in [0.2, 0.25) is 5.02 Å². The minimum atomic E-state index is -4.73. The maximum absolute atomic E-state index is 14.0. The monoisotopic (exact) mass is 593 g/mol. The van der Waals surface area contributed by atoms with E-state index in [9.17, 15) is 32.7 Å². The van der Waals surface area contributed by atoms with Crippen molar-refractivity contribution in [3.05, 3.63) is 81.2 Å². The van der Waals surface area contributed by atoms with Gasteiger partial charge in [0, 0.05) is 62.2 Å². The lowest BCUT2D eigenvalue weighted by molar-refractivity contribution is -0.137. The van der Waals surface area contributed by atoms with E-state index in [0.29, 0.717) is 10.6 Å². The Morgan fingerprint density at radius 2 is 1.85 bits per heavy atom. The minimum Gasteiger partial charge on any atom is -0.402 e. The summed E-state index contributed by atoms with van der Waals surface area (Å²) in [6.45, 7) is 2.35. The van der Waals surface area contributed by atoms with E-state index < -0.39 is 35.2 Å². The molecule has 0 saturated carbocycles.